The Morgan fingerprint density at radius 1 is 1.14 bits per heavy atom. The van der Waals surface area contributed by atoms with Crippen molar-refractivity contribution in [2.24, 2.45) is 5.92 Å². The smallest absolute Gasteiger partial charge is 0.308 e. The van der Waals surface area contributed by atoms with E-state index in [1.165, 1.54) is 16.8 Å². The quantitative estimate of drug-likeness (QED) is 0.927. The minimum Gasteiger partial charge on any atom is -0.481 e. The minimum atomic E-state index is -0.622. The summed E-state index contributed by atoms with van der Waals surface area (Å²) in [7, 11) is 0. The minimum absolute atomic E-state index is 0.141. The maximum absolute atomic E-state index is 11.2. The Morgan fingerprint density at radius 2 is 1.86 bits per heavy atom. The number of hydrogen-bond donors (Lipinski definition) is 1. The molecule has 0 amide bonds. The normalized spacial score (nSPS) is 26.5. The molecule has 4 nitrogen and oxygen atoms in total. The molecule has 0 spiro atoms. The number of carboxylic acids is 1. The molecule has 2 aliphatic rings. The number of hydrogen-bond acceptors (Lipinski definition) is 3. The van der Waals surface area contributed by atoms with E-state index in [1.807, 2.05) is 0 Å². The summed E-state index contributed by atoms with van der Waals surface area (Å²) in [6.07, 6.45) is 1.89. The number of anilines is 1. The van der Waals surface area contributed by atoms with Crippen molar-refractivity contribution in [3.8, 4) is 0 Å². The zero-order valence-corrected chi connectivity index (χ0v) is 12.9. The number of nitrogens with zero attached hydrogens (tertiary/aromatic N) is 2. The molecule has 1 aromatic carbocycles. The first-order valence-electron chi connectivity index (χ1n) is 7.86. The summed E-state index contributed by atoms with van der Waals surface area (Å²) >= 11 is 0. The molecule has 1 aliphatic heterocycles. The molecule has 4 heteroatoms. The number of carboxylic acid groups (broad SMARTS) is 1. The van der Waals surface area contributed by atoms with E-state index in [-0.39, 0.29) is 12.0 Å². The highest BCUT2D eigenvalue weighted by Crippen LogP contribution is 2.33. The summed E-state index contributed by atoms with van der Waals surface area (Å²) in [5.74, 6) is -0.763. The molecule has 2 fully saturated rings. The van der Waals surface area contributed by atoms with E-state index in [1.54, 1.807) is 0 Å². The molecule has 2 atom stereocenters. The summed E-state index contributed by atoms with van der Waals surface area (Å²) in [4.78, 5) is 16.0. The van der Waals surface area contributed by atoms with Crippen LogP contribution < -0.4 is 4.90 Å². The van der Waals surface area contributed by atoms with Gasteiger partial charge in [0.15, 0.2) is 0 Å². The Labute approximate surface area is 126 Å². The Morgan fingerprint density at radius 3 is 2.43 bits per heavy atom. The number of piperazine rings is 1. The van der Waals surface area contributed by atoms with Gasteiger partial charge in [0, 0.05) is 37.9 Å². The maximum atomic E-state index is 11.2. The van der Waals surface area contributed by atoms with Crippen molar-refractivity contribution in [3.63, 3.8) is 0 Å². The first-order valence-corrected chi connectivity index (χ1v) is 7.86. The fourth-order valence-corrected chi connectivity index (χ4v) is 3.58. The summed E-state index contributed by atoms with van der Waals surface area (Å²) in [5.41, 5.74) is 4.02. The molecule has 1 saturated carbocycles. The van der Waals surface area contributed by atoms with Crippen LogP contribution in [-0.2, 0) is 4.79 Å². The highest BCUT2D eigenvalue weighted by molar-refractivity contribution is 5.72. The molecule has 3 rings (SSSR count). The SMILES string of the molecule is Cc1cccc(N2CCN(C3CCC3C(=O)O)CC2)c1C. The zero-order valence-electron chi connectivity index (χ0n) is 12.9. The average Bonchev–Trinajstić information content (AvgIpc) is 2.41. The van der Waals surface area contributed by atoms with E-state index >= 15 is 0 Å². The van der Waals surface area contributed by atoms with Gasteiger partial charge in [0.2, 0.25) is 0 Å². The van der Waals surface area contributed by atoms with Gasteiger partial charge in [0.25, 0.3) is 0 Å². The van der Waals surface area contributed by atoms with Gasteiger partial charge in [-0.3, -0.25) is 9.69 Å². The van der Waals surface area contributed by atoms with Crippen LogP contribution in [0.15, 0.2) is 18.2 Å². The topological polar surface area (TPSA) is 43.8 Å². The van der Waals surface area contributed by atoms with Crippen LogP contribution in [0, 0.1) is 19.8 Å². The van der Waals surface area contributed by atoms with Crippen molar-refractivity contribution >= 4 is 11.7 Å². The first kappa shape index (κ1) is 14.4. The van der Waals surface area contributed by atoms with E-state index < -0.39 is 5.97 Å². The molecule has 1 aromatic rings. The molecule has 114 valence electrons. The van der Waals surface area contributed by atoms with Gasteiger partial charge in [-0.2, -0.15) is 0 Å². The van der Waals surface area contributed by atoms with Gasteiger partial charge >= 0.3 is 5.97 Å². The fourth-order valence-electron chi connectivity index (χ4n) is 3.58. The third kappa shape index (κ3) is 2.64. The number of carbonyl (C=O) groups is 1. The highest BCUT2D eigenvalue weighted by Gasteiger charge is 2.41. The van der Waals surface area contributed by atoms with E-state index in [9.17, 15) is 9.90 Å². The summed E-state index contributed by atoms with van der Waals surface area (Å²) in [6, 6.07) is 6.74. The van der Waals surface area contributed by atoms with Crippen LogP contribution in [0.1, 0.15) is 24.0 Å². The maximum Gasteiger partial charge on any atom is 0.308 e. The van der Waals surface area contributed by atoms with Gasteiger partial charge in [-0.15, -0.1) is 0 Å². The van der Waals surface area contributed by atoms with Crippen molar-refractivity contribution in [2.75, 3.05) is 31.1 Å². The van der Waals surface area contributed by atoms with Gasteiger partial charge in [-0.05, 0) is 43.9 Å². The van der Waals surface area contributed by atoms with Crippen LogP contribution >= 0.6 is 0 Å². The van der Waals surface area contributed by atoms with Crippen molar-refractivity contribution in [1.82, 2.24) is 4.90 Å². The van der Waals surface area contributed by atoms with Gasteiger partial charge in [-0.1, -0.05) is 12.1 Å². The Kier molecular flexibility index (Phi) is 3.89. The predicted molar refractivity (Wildman–Crippen MR) is 83.8 cm³/mol. The molecule has 0 radical (unpaired) electrons. The third-order valence-corrected chi connectivity index (χ3v) is 5.26. The van der Waals surface area contributed by atoms with Crippen LogP contribution in [-0.4, -0.2) is 48.2 Å². The Balaban J connectivity index is 1.63. The van der Waals surface area contributed by atoms with Gasteiger partial charge < -0.3 is 10.0 Å². The second-order valence-electron chi connectivity index (χ2n) is 6.33. The molecule has 1 saturated heterocycles. The molecule has 21 heavy (non-hydrogen) atoms. The predicted octanol–water partition coefficient (Wildman–Crippen LogP) is 2.29. The van der Waals surface area contributed by atoms with Crippen LogP contribution in [0.25, 0.3) is 0 Å². The van der Waals surface area contributed by atoms with Crippen molar-refractivity contribution in [1.29, 1.82) is 0 Å². The second kappa shape index (κ2) is 5.68. The van der Waals surface area contributed by atoms with Crippen molar-refractivity contribution < 1.29 is 9.90 Å². The number of benzene rings is 1. The largest absolute Gasteiger partial charge is 0.481 e. The fraction of sp³-hybridized carbons (Fsp3) is 0.588. The monoisotopic (exact) mass is 288 g/mol. The Bertz CT molecular complexity index is 536. The molecular formula is C17H24N2O2. The summed E-state index contributed by atoms with van der Waals surface area (Å²) in [6.45, 7) is 8.27. The first-order chi connectivity index (χ1) is 10.1. The van der Waals surface area contributed by atoms with E-state index in [0.717, 1.165) is 39.0 Å². The molecule has 0 bridgehead atoms. The lowest BCUT2D eigenvalue weighted by Gasteiger charge is -2.46. The number of aryl methyl sites for hydroxylation is 1. The molecule has 1 aliphatic carbocycles. The van der Waals surface area contributed by atoms with Gasteiger partial charge in [-0.25, -0.2) is 0 Å². The van der Waals surface area contributed by atoms with E-state index in [4.69, 9.17) is 0 Å². The van der Waals surface area contributed by atoms with Crippen molar-refractivity contribution in [2.45, 2.75) is 32.7 Å². The van der Waals surface area contributed by atoms with Crippen LogP contribution in [0.4, 0.5) is 5.69 Å². The third-order valence-electron chi connectivity index (χ3n) is 5.26. The van der Waals surface area contributed by atoms with Crippen LogP contribution in [0.2, 0.25) is 0 Å². The highest BCUT2D eigenvalue weighted by atomic mass is 16.4. The summed E-state index contributed by atoms with van der Waals surface area (Å²) < 4.78 is 0. The molecule has 0 aromatic heterocycles. The molecule has 1 N–H and O–H groups in total. The lowest BCUT2D eigenvalue weighted by atomic mass is 9.78. The Hall–Kier alpha value is -1.55. The lowest BCUT2D eigenvalue weighted by molar-refractivity contribution is -0.149. The number of rotatable bonds is 3. The van der Waals surface area contributed by atoms with Gasteiger partial charge in [0.05, 0.1) is 5.92 Å². The number of aliphatic carboxylic acids is 1. The van der Waals surface area contributed by atoms with Crippen molar-refractivity contribution in [3.05, 3.63) is 29.3 Å². The molecular weight excluding hydrogens is 264 g/mol. The lowest BCUT2D eigenvalue weighted by Crippen LogP contribution is -2.57. The van der Waals surface area contributed by atoms with E-state index in [0.29, 0.717) is 0 Å². The standard InChI is InChI=1S/C17H24N2O2/c1-12-4-3-5-15(13(12)2)18-8-10-19(11-9-18)16-7-6-14(16)17(20)21/h3-5,14,16H,6-11H2,1-2H3,(H,20,21). The van der Waals surface area contributed by atoms with Gasteiger partial charge in [0.1, 0.15) is 0 Å². The van der Waals surface area contributed by atoms with Crippen LogP contribution in [0.5, 0.6) is 0 Å². The average molecular weight is 288 g/mol. The second-order valence-corrected chi connectivity index (χ2v) is 6.33. The molecule has 2 unspecified atom stereocenters. The summed E-state index contributed by atoms with van der Waals surface area (Å²) in [5, 5.41) is 9.19. The zero-order chi connectivity index (χ0) is 15.0. The van der Waals surface area contributed by atoms with Crippen LogP contribution in [0.3, 0.4) is 0 Å². The van der Waals surface area contributed by atoms with E-state index in [2.05, 4.69) is 41.8 Å². The molecule has 1 heterocycles.